The number of fused-ring (bicyclic) bond motifs is 1. The SMILES string of the molecule is O=C([C@@H]1CCC(O)c2nn(Cc3ccc(Cl)cn3)c(=O)n21)N1CC(F)C1. The van der Waals surface area contributed by atoms with Crippen LogP contribution in [0.2, 0.25) is 5.02 Å². The van der Waals surface area contributed by atoms with E-state index in [0.29, 0.717) is 23.6 Å². The van der Waals surface area contributed by atoms with E-state index < -0.39 is 24.0 Å². The van der Waals surface area contributed by atoms with Crippen molar-refractivity contribution >= 4 is 17.5 Å². The van der Waals surface area contributed by atoms with E-state index in [-0.39, 0.29) is 31.4 Å². The molecule has 8 nitrogen and oxygen atoms in total. The maximum absolute atomic E-state index is 13.1. The van der Waals surface area contributed by atoms with Crippen LogP contribution in [0.4, 0.5) is 4.39 Å². The molecule has 2 aromatic heterocycles. The van der Waals surface area contributed by atoms with Gasteiger partial charge in [0.2, 0.25) is 5.91 Å². The Labute approximate surface area is 152 Å². The van der Waals surface area contributed by atoms with Crippen molar-refractivity contribution in [2.24, 2.45) is 0 Å². The maximum atomic E-state index is 13.1. The minimum atomic E-state index is -1.01. The third-order valence-corrected chi connectivity index (χ3v) is 4.98. The van der Waals surface area contributed by atoms with Gasteiger partial charge in [-0.1, -0.05) is 11.6 Å². The van der Waals surface area contributed by atoms with Gasteiger partial charge in [0.1, 0.15) is 18.3 Å². The van der Waals surface area contributed by atoms with Crippen LogP contribution in [0.25, 0.3) is 0 Å². The van der Waals surface area contributed by atoms with Crippen molar-refractivity contribution in [2.75, 3.05) is 13.1 Å². The van der Waals surface area contributed by atoms with E-state index in [0.717, 1.165) is 0 Å². The molecule has 1 fully saturated rings. The molecule has 26 heavy (non-hydrogen) atoms. The predicted molar refractivity (Wildman–Crippen MR) is 89.5 cm³/mol. The monoisotopic (exact) mass is 381 g/mol. The van der Waals surface area contributed by atoms with E-state index >= 15 is 0 Å². The minimum Gasteiger partial charge on any atom is -0.385 e. The Hall–Kier alpha value is -2.26. The smallest absolute Gasteiger partial charge is 0.347 e. The number of likely N-dealkylation sites (tertiary alicyclic amines) is 1. The van der Waals surface area contributed by atoms with Crippen molar-refractivity contribution in [3.05, 3.63) is 45.4 Å². The standard InChI is InChI=1S/C16H17ClFN5O3/c17-9-1-2-11(19-5-9)8-22-16(26)23-12(3-4-13(24)14(23)20-22)15(25)21-6-10(18)7-21/h1-2,5,10,12-13,24H,3-4,6-8H2/t12-,13?/m0/s1. The van der Waals surface area contributed by atoms with Crippen molar-refractivity contribution in [3.8, 4) is 0 Å². The van der Waals surface area contributed by atoms with Crippen LogP contribution in [0.1, 0.15) is 36.5 Å². The molecule has 10 heteroatoms. The first kappa shape index (κ1) is 17.2. The van der Waals surface area contributed by atoms with Gasteiger partial charge in [0.05, 0.1) is 30.4 Å². The lowest BCUT2D eigenvalue weighted by Gasteiger charge is -2.38. The highest BCUT2D eigenvalue weighted by Crippen LogP contribution is 2.31. The van der Waals surface area contributed by atoms with E-state index in [9.17, 15) is 19.1 Å². The van der Waals surface area contributed by atoms with Crippen LogP contribution >= 0.6 is 11.6 Å². The van der Waals surface area contributed by atoms with Gasteiger partial charge in [0, 0.05) is 6.20 Å². The fourth-order valence-corrected chi connectivity index (χ4v) is 3.45. The second kappa shape index (κ2) is 6.48. The van der Waals surface area contributed by atoms with Crippen LogP contribution in [0.15, 0.2) is 23.1 Å². The van der Waals surface area contributed by atoms with Gasteiger partial charge in [-0.25, -0.2) is 13.9 Å². The first-order valence-electron chi connectivity index (χ1n) is 8.34. The van der Waals surface area contributed by atoms with Crippen molar-refractivity contribution in [1.29, 1.82) is 0 Å². The van der Waals surface area contributed by atoms with E-state index in [4.69, 9.17) is 11.6 Å². The number of aliphatic hydroxyl groups is 1. The Kier molecular flexibility index (Phi) is 4.28. The summed E-state index contributed by atoms with van der Waals surface area (Å²) in [5.74, 6) is -0.149. The number of carbonyl (C=O) groups excluding carboxylic acids is 1. The summed E-state index contributed by atoms with van der Waals surface area (Å²) in [6.07, 6.45) is 0.167. The average molecular weight is 382 g/mol. The quantitative estimate of drug-likeness (QED) is 0.844. The molecule has 0 radical (unpaired) electrons. The lowest BCUT2D eigenvalue weighted by molar-refractivity contribution is -0.143. The van der Waals surface area contributed by atoms with E-state index in [1.807, 2.05) is 0 Å². The third kappa shape index (κ3) is 2.90. The molecule has 1 N–H and O–H groups in total. The molecule has 0 bridgehead atoms. The van der Waals surface area contributed by atoms with Crippen LogP contribution in [0.3, 0.4) is 0 Å². The van der Waals surface area contributed by atoms with E-state index in [2.05, 4.69) is 10.1 Å². The first-order chi connectivity index (χ1) is 12.4. The fourth-order valence-electron chi connectivity index (χ4n) is 3.34. The van der Waals surface area contributed by atoms with Gasteiger partial charge in [-0.2, -0.15) is 5.10 Å². The Morgan fingerprint density at radius 3 is 2.77 bits per heavy atom. The number of aliphatic hydroxyl groups excluding tert-OH is 1. The number of amides is 1. The number of carbonyl (C=O) groups is 1. The molecular weight excluding hydrogens is 365 g/mol. The minimum absolute atomic E-state index is 0.0464. The molecule has 2 aliphatic heterocycles. The molecule has 4 rings (SSSR count). The van der Waals surface area contributed by atoms with Gasteiger partial charge in [0.15, 0.2) is 5.82 Å². The maximum Gasteiger partial charge on any atom is 0.347 e. The summed E-state index contributed by atoms with van der Waals surface area (Å²) in [5.41, 5.74) is 0.0819. The van der Waals surface area contributed by atoms with Crippen LogP contribution in [-0.2, 0) is 11.3 Å². The number of aromatic nitrogens is 4. The summed E-state index contributed by atoms with van der Waals surface area (Å²) in [6, 6.07) is 2.57. The molecule has 2 aliphatic rings. The number of alkyl halides is 1. The molecule has 2 atom stereocenters. The largest absolute Gasteiger partial charge is 0.385 e. The fraction of sp³-hybridized carbons (Fsp3) is 0.500. The zero-order valence-electron chi connectivity index (χ0n) is 13.8. The number of rotatable bonds is 3. The first-order valence-corrected chi connectivity index (χ1v) is 8.72. The predicted octanol–water partition coefficient (Wildman–Crippen LogP) is 0.690. The molecule has 4 heterocycles. The second-order valence-electron chi connectivity index (χ2n) is 6.59. The molecule has 138 valence electrons. The van der Waals surface area contributed by atoms with Gasteiger partial charge in [-0.3, -0.25) is 14.3 Å². The molecular formula is C16H17ClFN5O3. The summed E-state index contributed by atoms with van der Waals surface area (Å²) < 4.78 is 15.5. The van der Waals surface area contributed by atoms with Crippen molar-refractivity contribution in [2.45, 2.75) is 37.7 Å². The number of pyridine rings is 1. The molecule has 0 aromatic carbocycles. The van der Waals surface area contributed by atoms with Crippen LogP contribution < -0.4 is 5.69 Å². The van der Waals surface area contributed by atoms with Crippen LogP contribution in [-0.4, -0.2) is 54.5 Å². The number of hydrogen-bond donors (Lipinski definition) is 1. The lowest BCUT2D eigenvalue weighted by atomic mass is 9.99. The Balaban J connectivity index is 1.65. The van der Waals surface area contributed by atoms with Crippen molar-refractivity contribution in [3.63, 3.8) is 0 Å². The average Bonchev–Trinajstić information content (AvgIpc) is 2.92. The van der Waals surface area contributed by atoms with Gasteiger partial charge >= 0.3 is 5.69 Å². The molecule has 0 spiro atoms. The topological polar surface area (TPSA) is 93.2 Å². The van der Waals surface area contributed by atoms with Gasteiger partial charge < -0.3 is 10.0 Å². The summed E-state index contributed by atoms with van der Waals surface area (Å²) in [7, 11) is 0. The Bertz CT molecular complexity index is 890. The van der Waals surface area contributed by atoms with Gasteiger partial charge in [0.25, 0.3) is 0 Å². The number of hydrogen-bond acceptors (Lipinski definition) is 5. The highest BCUT2D eigenvalue weighted by atomic mass is 35.5. The molecule has 2 aromatic rings. The van der Waals surface area contributed by atoms with Gasteiger partial charge in [-0.05, 0) is 25.0 Å². The molecule has 0 aliphatic carbocycles. The Morgan fingerprint density at radius 1 is 1.35 bits per heavy atom. The number of halogens is 2. The summed E-state index contributed by atoms with van der Waals surface area (Å²) >= 11 is 5.81. The molecule has 1 saturated heterocycles. The normalized spacial score (nSPS) is 22.8. The highest BCUT2D eigenvalue weighted by Gasteiger charge is 2.40. The summed E-state index contributed by atoms with van der Waals surface area (Å²) in [4.78, 5) is 30.9. The summed E-state index contributed by atoms with van der Waals surface area (Å²) in [6.45, 7) is 0.190. The van der Waals surface area contributed by atoms with E-state index in [1.165, 1.54) is 20.3 Å². The highest BCUT2D eigenvalue weighted by molar-refractivity contribution is 6.30. The second-order valence-corrected chi connectivity index (χ2v) is 7.02. The van der Waals surface area contributed by atoms with Crippen molar-refractivity contribution < 1.29 is 14.3 Å². The third-order valence-electron chi connectivity index (χ3n) is 4.75. The zero-order valence-corrected chi connectivity index (χ0v) is 14.5. The molecule has 0 saturated carbocycles. The van der Waals surface area contributed by atoms with Gasteiger partial charge in [-0.15, -0.1) is 0 Å². The Morgan fingerprint density at radius 2 is 2.12 bits per heavy atom. The van der Waals surface area contributed by atoms with Crippen LogP contribution in [0.5, 0.6) is 0 Å². The molecule has 1 unspecified atom stereocenters. The van der Waals surface area contributed by atoms with E-state index in [1.54, 1.807) is 12.1 Å². The van der Waals surface area contributed by atoms with Crippen LogP contribution in [0, 0.1) is 0 Å². The van der Waals surface area contributed by atoms with Crippen molar-refractivity contribution in [1.82, 2.24) is 24.2 Å². The lowest BCUT2D eigenvalue weighted by Crippen LogP contribution is -2.54. The molecule has 1 amide bonds. The summed E-state index contributed by atoms with van der Waals surface area (Å²) in [5, 5.41) is 14.9. The number of nitrogens with zero attached hydrogens (tertiary/aromatic N) is 5. The zero-order chi connectivity index (χ0) is 18.4.